The van der Waals surface area contributed by atoms with Crippen LogP contribution in [0.4, 0.5) is 0 Å². The van der Waals surface area contributed by atoms with Crippen molar-refractivity contribution in [1.82, 2.24) is 0 Å². The summed E-state index contributed by atoms with van der Waals surface area (Å²) in [5, 5.41) is 0. The van der Waals surface area contributed by atoms with Crippen LogP contribution in [0.2, 0.25) is 0 Å². The van der Waals surface area contributed by atoms with Crippen LogP contribution >= 0.6 is 0 Å². The first kappa shape index (κ1) is 11.9. The van der Waals surface area contributed by atoms with Gasteiger partial charge in [-0.2, -0.15) is 0 Å². The molecule has 2 atom stereocenters. The maximum Gasteiger partial charge on any atom is 0.147 e. The van der Waals surface area contributed by atoms with E-state index < -0.39 is 0 Å². The molecule has 0 rings (SSSR count). The van der Waals surface area contributed by atoms with Gasteiger partial charge in [-0.25, -0.2) is 0 Å². The van der Waals surface area contributed by atoms with Gasteiger partial charge in [-0.15, -0.1) is 0 Å². The van der Waals surface area contributed by atoms with Crippen molar-refractivity contribution in [1.29, 1.82) is 0 Å². The summed E-state index contributed by atoms with van der Waals surface area (Å²) in [4.78, 5) is 0. The third kappa shape index (κ3) is 6.58. The van der Waals surface area contributed by atoms with Crippen LogP contribution in [0.1, 0.15) is 27.2 Å². The number of hydrogen-bond donors (Lipinski definition) is 0. The van der Waals surface area contributed by atoms with Crippen molar-refractivity contribution in [3.05, 3.63) is 0 Å². The fourth-order valence-electron chi connectivity index (χ4n) is 0.564. The summed E-state index contributed by atoms with van der Waals surface area (Å²) < 4.78 is 15.5. The van der Waals surface area contributed by atoms with Gasteiger partial charge in [-0.1, -0.05) is 6.92 Å². The molecule has 0 aliphatic heterocycles. The van der Waals surface area contributed by atoms with E-state index in [-0.39, 0.29) is 12.2 Å². The third-order valence-corrected chi connectivity index (χ3v) is 1.77. The maximum absolute atomic E-state index is 5.31. The van der Waals surface area contributed by atoms with Gasteiger partial charge in [0.05, 0.1) is 18.8 Å². The second kappa shape index (κ2) is 7.53. The minimum atomic E-state index is 0.144. The van der Waals surface area contributed by atoms with Gasteiger partial charge in [0.15, 0.2) is 0 Å². The molecular formula is C9H20O3. The molecule has 74 valence electrons. The van der Waals surface area contributed by atoms with Crippen LogP contribution in [-0.4, -0.2) is 32.7 Å². The van der Waals surface area contributed by atoms with Crippen LogP contribution in [-0.2, 0) is 14.2 Å². The van der Waals surface area contributed by atoms with Crippen LogP contribution < -0.4 is 0 Å². The highest BCUT2D eigenvalue weighted by molar-refractivity contribution is 4.44. The molecule has 0 amide bonds. The Labute approximate surface area is 75.0 Å². The highest BCUT2D eigenvalue weighted by Gasteiger charge is 2.00. The summed E-state index contributed by atoms with van der Waals surface area (Å²) >= 11 is 0. The second-order valence-electron chi connectivity index (χ2n) is 2.92. The van der Waals surface area contributed by atoms with E-state index in [9.17, 15) is 0 Å². The van der Waals surface area contributed by atoms with Crippen LogP contribution in [0, 0.1) is 0 Å². The molecule has 0 bridgehead atoms. The van der Waals surface area contributed by atoms with E-state index in [1.54, 1.807) is 7.11 Å². The summed E-state index contributed by atoms with van der Waals surface area (Å²) in [7, 11) is 1.67. The molecule has 3 heteroatoms. The fraction of sp³-hybridized carbons (Fsp3) is 1.00. The van der Waals surface area contributed by atoms with Gasteiger partial charge >= 0.3 is 0 Å². The average molecular weight is 176 g/mol. The standard InChI is InChI=1S/C9H20O3/c1-5-8(2)12-7-11-6-9(3)10-4/h8-9H,5-7H2,1-4H3. The molecule has 0 saturated heterocycles. The van der Waals surface area contributed by atoms with Gasteiger partial charge in [-0.3, -0.25) is 0 Å². The van der Waals surface area contributed by atoms with Crippen molar-refractivity contribution in [3.63, 3.8) is 0 Å². The lowest BCUT2D eigenvalue weighted by Crippen LogP contribution is -2.17. The molecule has 0 aromatic carbocycles. The number of hydrogen-bond acceptors (Lipinski definition) is 3. The van der Waals surface area contributed by atoms with Gasteiger partial charge in [0.1, 0.15) is 6.79 Å². The second-order valence-corrected chi connectivity index (χ2v) is 2.92. The smallest absolute Gasteiger partial charge is 0.147 e. The molecule has 3 nitrogen and oxygen atoms in total. The number of rotatable bonds is 7. The molecule has 0 aromatic rings. The molecule has 0 heterocycles. The molecule has 0 N–H and O–H groups in total. The Kier molecular flexibility index (Phi) is 7.45. The van der Waals surface area contributed by atoms with E-state index in [0.29, 0.717) is 13.4 Å². The molecule has 0 aliphatic rings. The first-order valence-corrected chi connectivity index (χ1v) is 4.42. The van der Waals surface area contributed by atoms with E-state index in [2.05, 4.69) is 6.92 Å². The number of ether oxygens (including phenoxy) is 3. The summed E-state index contributed by atoms with van der Waals surface area (Å²) in [6.07, 6.45) is 1.44. The molecule has 0 aliphatic carbocycles. The largest absolute Gasteiger partial charge is 0.379 e. The van der Waals surface area contributed by atoms with Gasteiger partial charge in [0.25, 0.3) is 0 Å². The highest BCUT2D eigenvalue weighted by Crippen LogP contribution is 1.96. The van der Waals surface area contributed by atoms with Gasteiger partial charge in [-0.05, 0) is 20.3 Å². The van der Waals surface area contributed by atoms with Gasteiger partial charge in [0.2, 0.25) is 0 Å². The van der Waals surface area contributed by atoms with Crippen LogP contribution in [0.3, 0.4) is 0 Å². The zero-order chi connectivity index (χ0) is 9.40. The Morgan fingerprint density at radius 2 is 1.83 bits per heavy atom. The summed E-state index contributed by atoms with van der Waals surface area (Å²) in [6.45, 7) is 7.03. The first-order chi connectivity index (χ1) is 5.70. The highest BCUT2D eigenvalue weighted by atomic mass is 16.7. The lowest BCUT2D eigenvalue weighted by atomic mass is 10.3. The van der Waals surface area contributed by atoms with E-state index in [1.165, 1.54) is 0 Å². The first-order valence-electron chi connectivity index (χ1n) is 4.42. The lowest BCUT2D eigenvalue weighted by molar-refractivity contribution is -0.105. The zero-order valence-electron chi connectivity index (χ0n) is 8.50. The molecule has 0 aromatic heterocycles. The molecule has 0 spiro atoms. The van der Waals surface area contributed by atoms with Crippen molar-refractivity contribution in [3.8, 4) is 0 Å². The van der Waals surface area contributed by atoms with Crippen molar-refractivity contribution in [2.45, 2.75) is 39.4 Å². The minimum absolute atomic E-state index is 0.144. The van der Waals surface area contributed by atoms with Crippen molar-refractivity contribution >= 4 is 0 Å². The SMILES string of the molecule is CCC(C)OCOCC(C)OC. The Morgan fingerprint density at radius 1 is 1.17 bits per heavy atom. The van der Waals surface area contributed by atoms with Crippen LogP contribution in [0.15, 0.2) is 0 Å². The molecule has 12 heavy (non-hydrogen) atoms. The summed E-state index contributed by atoms with van der Waals surface area (Å²) in [6, 6.07) is 0. The van der Waals surface area contributed by atoms with Crippen molar-refractivity contribution in [2.24, 2.45) is 0 Å². The van der Waals surface area contributed by atoms with E-state index in [4.69, 9.17) is 14.2 Å². The molecule has 2 unspecified atom stereocenters. The third-order valence-electron chi connectivity index (χ3n) is 1.77. The predicted molar refractivity (Wildman–Crippen MR) is 48.1 cm³/mol. The van der Waals surface area contributed by atoms with Crippen molar-refractivity contribution < 1.29 is 14.2 Å². The molecule has 0 saturated carbocycles. The van der Waals surface area contributed by atoms with Gasteiger partial charge in [0, 0.05) is 7.11 Å². The minimum Gasteiger partial charge on any atom is -0.379 e. The maximum atomic E-state index is 5.31. The molecular weight excluding hydrogens is 156 g/mol. The predicted octanol–water partition coefficient (Wildman–Crippen LogP) is 1.81. The molecule has 0 radical (unpaired) electrons. The normalized spacial score (nSPS) is 16.0. The lowest BCUT2D eigenvalue weighted by Gasteiger charge is -2.13. The van der Waals surface area contributed by atoms with Crippen molar-refractivity contribution in [2.75, 3.05) is 20.5 Å². The van der Waals surface area contributed by atoms with E-state index in [1.807, 2.05) is 13.8 Å². The topological polar surface area (TPSA) is 27.7 Å². The fourth-order valence-corrected chi connectivity index (χ4v) is 0.564. The monoisotopic (exact) mass is 176 g/mol. The van der Waals surface area contributed by atoms with Crippen LogP contribution in [0.5, 0.6) is 0 Å². The van der Waals surface area contributed by atoms with Crippen LogP contribution in [0.25, 0.3) is 0 Å². The molecule has 0 fully saturated rings. The average Bonchev–Trinajstić information content (AvgIpc) is 2.11. The zero-order valence-corrected chi connectivity index (χ0v) is 8.50. The Balaban J connectivity index is 3.10. The van der Waals surface area contributed by atoms with Gasteiger partial charge < -0.3 is 14.2 Å². The van der Waals surface area contributed by atoms with E-state index >= 15 is 0 Å². The Bertz CT molecular complexity index is 83.8. The Hall–Kier alpha value is -0.120. The summed E-state index contributed by atoms with van der Waals surface area (Å²) in [5.41, 5.74) is 0. The summed E-state index contributed by atoms with van der Waals surface area (Å²) in [5.74, 6) is 0. The quantitative estimate of drug-likeness (QED) is 0.437. The van der Waals surface area contributed by atoms with E-state index in [0.717, 1.165) is 6.42 Å². The number of methoxy groups -OCH3 is 1. The Morgan fingerprint density at radius 3 is 2.33 bits per heavy atom.